The highest BCUT2D eigenvalue weighted by atomic mass is 16.5. The molecule has 36 heavy (non-hydrogen) atoms. The molecule has 0 N–H and O–H groups in total. The topological polar surface area (TPSA) is 71.1 Å². The maximum absolute atomic E-state index is 12.4. The Kier molecular flexibility index (Phi) is 12.9. The average molecular weight is 495 g/mol. The summed E-state index contributed by atoms with van der Waals surface area (Å²) >= 11 is 0. The Bertz CT molecular complexity index is 962. The van der Waals surface area contributed by atoms with Gasteiger partial charge in [-0.3, -0.25) is 0 Å². The van der Waals surface area contributed by atoms with E-state index in [4.69, 9.17) is 18.9 Å². The second-order valence-electron chi connectivity index (χ2n) is 8.63. The maximum Gasteiger partial charge on any atom is 0.343 e. The number of benzene rings is 2. The summed E-state index contributed by atoms with van der Waals surface area (Å²) in [5, 5.41) is 0. The molecule has 1 atom stereocenters. The summed E-state index contributed by atoms with van der Waals surface area (Å²) in [6.07, 6.45) is 8.40. The molecule has 0 amide bonds. The number of carbonyl (C=O) groups excluding carboxylic acids is 2. The summed E-state index contributed by atoms with van der Waals surface area (Å²) < 4.78 is 22.3. The van der Waals surface area contributed by atoms with Crippen molar-refractivity contribution in [3.63, 3.8) is 0 Å². The third kappa shape index (κ3) is 10.8. The minimum absolute atomic E-state index is 0.126. The lowest BCUT2D eigenvalue weighted by molar-refractivity contribution is -0.145. The lowest BCUT2D eigenvalue weighted by Crippen LogP contribution is -2.19. The molecule has 0 saturated heterocycles. The molecule has 0 aliphatic heterocycles. The molecule has 0 spiro atoms. The van der Waals surface area contributed by atoms with Crippen LogP contribution in [0.25, 0.3) is 0 Å². The van der Waals surface area contributed by atoms with Gasteiger partial charge in [-0.2, -0.15) is 0 Å². The zero-order valence-electron chi connectivity index (χ0n) is 21.5. The van der Waals surface area contributed by atoms with Crippen molar-refractivity contribution in [3.8, 4) is 17.2 Å². The first-order valence-corrected chi connectivity index (χ1v) is 12.6. The standard InChI is InChI=1S/C30H38O6/c1-5-7-8-9-11-27(35-29(31)23(3)4)12-10-22-34-26-17-19-28(20-18-26)36-30(32)24-13-15-25(16-14-24)33-21-6-2/h6,13-20,27H,2-3,5,7-12,21-22H2,1,4H3. The van der Waals surface area contributed by atoms with E-state index in [0.29, 0.717) is 41.6 Å². The van der Waals surface area contributed by atoms with Crippen LogP contribution in [0.3, 0.4) is 0 Å². The summed E-state index contributed by atoms with van der Waals surface area (Å²) in [4.78, 5) is 24.3. The van der Waals surface area contributed by atoms with E-state index in [0.717, 1.165) is 32.1 Å². The first-order valence-electron chi connectivity index (χ1n) is 12.6. The van der Waals surface area contributed by atoms with Crippen LogP contribution in [-0.4, -0.2) is 31.3 Å². The first kappa shape index (κ1) is 28.7. The molecule has 0 saturated carbocycles. The molecule has 1 unspecified atom stereocenters. The van der Waals surface area contributed by atoms with Crippen molar-refractivity contribution in [2.45, 2.75) is 64.9 Å². The molecule has 2 aromatic carbocycles. The summed E-state index contributed by atoms with van der Waals surface area (Å²) in [7, 11) is 0. The number of unbranched alkanes of at least 4 members (excludes halogenated alkanes) is 3. The van der Waals surface area contributed by atoms with E-state index in [9.17, 15) is 9.59 Å². The highest BCUT2D eigenvalue weighted by Crippen LogP contribution is 2.21. The van der Waals surface area contributed by atoms with E-state index in [-0.39, 0.29) is 12.1 Å². The molecule has 2 rings (SSSR count). The van der Waals surface area contributed by atoms with Crippen LogP contribution in [0, 0.1) is 0 Å². The Morgan fingerprint density at radius 2 is 1.47 bits per heavy atom. The Hall–Kier alpha value is -3.54. The molecule has 6 nitrogen and oxygen atoms in total. The van der Waals surface area contributed by atoms with E-state index in [1.807, 2.05) is 0 Å². The van der Waals surface area contributed by atoms with Crippen LogP contribution < -0.4 is 14.2 Å². The van der Waals surface area contributed by atoms with Gasteiger partial charge in [0.1, 0.15) is 30.0 Å². The van der Waals surface area contributed by atoms with Gasteiger partial charge in [0.25, 0.3) is 0 Å². The summed E-state index contributed by atoms with van der Waals surface area (Å²) in [6, 6.07) is 13.7. The molecular formula is C30H38O6. The van der Waals surface area contributed by atoms with Gasteiger partial charge in [-0.1, -0.05) is 45.4 Å². The maximum atomic E-state index is 12.4. The van der Waals surface area contributed by atoms with Crippen LogP contribution in [0.15, 0.2) is 73.3 Å². The van der Waals surface area contributed by atoms with Crippen LogP contribution in [0.1, 0.15) is 69.2 Å². The van der Waals surface area contributed by atoms with Crippen molar-refractivity contribution in [1.29, 1.82) is 0 Å². The second-order valence-corrected chi connectivity index (χ2v) is 8.63. The number of hydrogen-bond donors (Lipinski definition) is 0. The Morgan fingerprint density at radius 3 is 2.11 bits per heavy atom. The van der Waals surface area contributed by atoms with Crippen LogP contribution in [-0.2, 0) is 9.53 Å². The highest BCUT2D eigenvalue weighted by Gasteiger charge is 2.15. The normalized spacial score (nSPS) is 11.3. The molecule has 0 aromatic heterocycles. The van der Waals surface area contributed by atoms with E-state index in [1.165, 1.54) is 12.8 Å². The molecule has 0 fully saturated rings. The summed E-state index contributed by atoms with van der Waals surface area (Å²) in [5.74, 6) is 0.978. The van der Waals surface area contributed by atoms with Crippen molar-refractivity contribution in [3.05, 3.63) is 78.9 Å². The van der Waals surface area contributed by atoms with Gasteiger partial charge in [0.2, 0.25) is 0 Å². The van der Waals surface area contributed by atoms with Gasteiger partial charge in [0, 0.05) is 5.57 Å². The van der Waals surface area contributed by atoms with Crippen LogP contribution in [0.5, 0.6) is 17.2 Å². The third-order valence-corrected chi connectivity index (χ3v) is 5.43. The van der Waals surface area contributed by atoms with Gasteiger partial charge < -0.3 is 18.9 Å². The largest absolute Gasteiger partial charge is 0.494 e. The zero-order valence-corrected chi connectivity index (χ0v) is 21.5. The summed E-state index contributed by atoms with van der Waals surface area (Å²) in [5.41, 5.74) is 0.845. The van der Waals surface area contributed by atoms with Crippen molar-refractivity contribution in [2.24, 2.45) is 0 Å². The van der Waals surface area contributed by atoms with Crippen molar-refractivity contribution in [1.82, 2.24) is 0 Å². The molecular weight excluding hydrogens is 456 g/mol. The number of rotatable bonds is 17. The summed E-state index contributed by atoms with van der Waals surface area (Å²) in [6.45, 7) is 12.0. The fourth-order valence-corrected chi connectivity index (χ4v) is 3.43. The van der Waals surface area contributed by atoms with Gasteiger partial charge in [0.15, 0.2) is 0 Å². The lowest BCUT2D eigenvalue weighted by atomic mass is 10.1. The molecule has 0 heterocycles. The fraction of sp³-hybridized carbons (Fsp3) is 0.400. The number of esters is 2. The minimum Gasteiger partial charge on any atom is -0.494 e. The van der Waals surface area contributed by atoms with Gasteiger partial charge in [-0.25, -0.2) is 9.59 Å². The predicted molar refractivity (Wildman–Crippen MR) is 142 cm³/mol. The highest BCUT2D eigenvalue weighted by molar-refractivity contribution is 5.91. The number of ether oxygens (including phenoxy) is 4. The van der Waals surface area contributed by atoms with E-state index >= 15 is 0 Å². The van der Waals surface area contributed by atoms with Crippen molar-refractivity contribution in [2.75, 3.05) is 13.2 Å². The van der Waals surface area contributed by atoms with Crippen molar-refractivity contribution < 1.29 is 28.5 Å². The molecule has 0 aliphatic rings. The lowest BCUT2D eigenvalue weighted by Gasteiger charge is -2.18. The SMILES string of the molecule is C=CCOc1ccc(C(=O)Oc2ccc(OCCCC(CCCCCC)OC(=O)C(=C)C)cc2)cc1. The quantitative estimate of drug-likeness (QED) is 0.0769. The van der Waals surface area contributed by atoms with Crippen LogP contribution in [0.4, 0.5) is 0 Å². The number of carbonyl (C=O) groups is 2. The van der Waals surface area contributed by atoms with Gasteiger partial charge >= 0.3 is 11.9 Å². The molecule has 0 bridgehead atoms. The molecule has 194 valence electrons. The van der Waals surface area contributed by atoms with Crippen molar-refractivity contribution >= 4 is 11.9 Å². The molecule has 0 radical (unpaired) electrons. The van der Waals surface area contributed by atoms with Crippen LogP contribution in [0.2, 0.25) is 0 Å². The van der Waals surface area contributed by atoms with E-state index < -0.39 is 5.97 Å². The Balaban J connectivity index is 1.77. The molecule has 6 heteroatoms. The average Bonchev–Trinajstić information content (AvgIpc) is 2.88. The van der Waals surface area contributed by atoms with Gasteiger partial charge in [-0.15, -0.1) is 0 Å². The van der Waals surface area contributed by atoms with Gasteiger partial charge in [0.05, 0.1) is 12.2 Å². The third-order valence-electron chi connectivity index (χ3n) is 5.43. The van der Waals surface area contributed by atoms with Crippen LogP contribution >= 0.6 is 0 Å². The smallest absolute Gasteiger partial charge is 0.343 e. The Labute approximate surface area is 214 Å². The Morgan fingerprint density at radius 1 is 0.861 bits per heavy atom. The fourth-order valence-electron chi connectivity index (χ4n) is 3.43. The minimum atomic E-state index is -0.451. The van der Waals surface area contributed by atoms with E-state index in [2.05, 4.69) is 20.1 Å². The predicted octanol–water partition coefficient (Wildman–Crippen LogP) is 7.09. The zero-order chi connectivity index (χ0) is 26.2. The molecule has 2 aromatic rings. The first-order chi connectivity index (χ1) is 17.4. The second kappa shape index (κ2) is 16.2. The van der Waals surface area contributed by atoms with Gasteiger partial charge in [-0.05, 0) is 81.1 Å². The van der Waals surface area contributed by atoms with E-state index in [1.54, 1.807) is 61.5 Å². The monoisotopic (exact) mass is 494 g/mol. The number of hydrogen-bond acceptors (Lipinski definition) is 6. The molecule has 0 aliphatic carbocycles.